The van der Waals surface area contributed by atoms with E-state index in [4.69, 9.17) is 0 Å². The third kappa shape index (κ3) is 2.11. The normalized spacial score (nSPS) is 19.5. The van der Waals surface area contributed by atoms with E-state index in [-0.39, 0.29) is 0 Å². The van der Waals surface area contributed by atoms with E-state index in [0.29, 0.717) is 15.0 Å². The van der Waals surface area contributed by atoms with E-state index in [2.05, 4.69) is 43.3 Å². The maximum atomic E-state index is 3.06. The fourth-order valence-corrected chi connectivity index (χ4v) is 5.50. The summed E-state index contributed by atoms with van der Waals surface area (Å²) in [5.41, 5.74) is 0. The Hall–Kier alpha value is 1.04. The fraction of sp³-hybridized carbons (Fsp3) is 0.200. The van der Waals surface area contributed by atoms with Gasteiger partial charge in [0.15, 0.2) is 0 Å². The molecule has 0 atom stereocenters. The minimum atomic E-state index is 0.606. The molecule has 0 aliphatic carbocycles. The van der Waals surface area contributed by atoms with E-state index in [1.807, 2.05) is 0 Å². The van der Waals surface area contributed by atoms with Crippen LogP contribution in [0.2, 0.25) is 0 Å². The van der Waals surface area contributed by atoms with E-state index < -0.39 is 0 Å². The third-order valence-electron chi connectivity index (χ3n) is 0.753. The summed E-state index contributed by atoms with van der Waals surface area (Å²) in [4.78, 5) is 0. The van der Waals surface area contributed by atoms with E-state index in [1.165, 1.54) is 6.63 Å². The Morgan fingerprint density at radius 3 is 2.62 bits per heavy atom. The fourth-order valence-electron chi connectivity index (χ4n) is 0.439. The molecule has 0 unspecified atom stereocenters. The molecule has 0 nitrogen and oxygen atoms in total. The Bertz CT molecular complexity index is 157. The van der Waals surface area contributed by atoms with Gasteiger partial charge in [-0.15, -0.1) is 0 Å². The molecule has 0 saturated carbocycles. The molecule has 1 rings (SSSR count). The predicted molar refractivity (Wildman–Crippen MR) is 41.0 cm³/mol. The van der Waals surface area contributed by atoms with Crippen molar-refractivity contribution < 1.29 is 0 Å². The van der Waals surface area contributed by atoms with Crippen LogP contribution in [-0.2, 0) is 0 Å². The zero-order chi connectivity index (χ0) is 5.98. The van der Waals surface area contributed by atoms with E-state index in [9.17, 15) is 0 Å². The summed E-state index contributed by atoms with van der Waals surface area (Å²) < 4.78 is 2.89. The average Bonchev–Trinajstić information content (AvgIpc) is 1.64. The van der Waals surface area contributed by atoms with Crippen LogP contribution in [0.5, 0.6) is 0 Å². The molecular weight excluding hydrogens is 297 g/mol. The van der Waals surface area contributed by atoms with Crippen molar-refractivity contribution in [1.82, 2.24) is 0 Å². The topological polar surface area (TPSA) is 0 Å². The Balaban J connectivity index is 2.68. The molecule has 0 bridgehead atoms. The van der Waals surface area contributed by atoms with E-state index >= 15 is 0 Å². The zero-order valence-electron chi connectivity index (χ0n) is 4.09. The molecule has 1 aliphatic rings. The van der Waals surface area contributed by atoms with Crippen LogP contribution in [0.3, 0.4) is 0 Å². The summed E-state index contributed by atoms with van der Waals surface area (Å²) in [5, 5.41) is 0. The van der Waals surface area contributed by atoms with Crippen LogP contribution in [0, 0.1) is 0 Å². The number of allylic oxidation sites excluding steroid dienone is 2. The second kappa shape index (κ2) is 3.27. The van der Waals surface area contributed by atoms with Crippen LogP contribution in [-0.4, -0.2) is 52.7 Å². The molecule has 0 N–H and O–H groups in total. The number of rotatable bonds is 0. The summed E-state index contributed by atoms with van der Waals surface area (Å²) in [6.07, 6.45) is 5.49. The maximum absolute atomic E-state index is 3.06. The van der Waals surface area contributed by atoms with E-state index in [1.54, 1.807) is 0 Å². The Morgan fingerprint density at radius 2 is 2.25 bits per heavy atom. The van der Waals surface area contributed by atoms with Gasteiger partial charge in [-0.25, -0.2) is 0 Å². The van der Waals surface area contributed by atoms with Gasteiger partial charge in [-0.1, -0.05) is 0 Å². The van der Waals surface area contributed by atoms with Gasteiger partial charge in [-0.05, 0) is 0 Å². The predicted octanol–water partition coefficient (Wildman–Crippen LogP) is -0.753. The first-order valence-electron chi connectivity index (χ1n) is 2.20. The van der Waals surface area contributed by atoms with E-state index in [0.717, 1.165) is 6.42 Å². The van der Waals surface area contributed by atoms with Crippen LogP contribution in [0.4, 0.5) is 0 Å². The molecule has 0 fully saturated rings. The standard InChI is InChI=1S/C5H4Se3/c6-4-2-1-3-5(7)8-4/h1-2H,3H2. The van der Waals surface area contributed by atoms with Crippen molar-refractivity contribution in [3.8, 4) is 0 Å². The molecule has 42 valence electrons. The zero-order valence-corrected chi connectivity index (χ0v) is 9.23. The van der Waals surface area contributed by atoms with Crippen LogP contribution in [0.15, 0.2) is 12.2 Å². The molecule has 1 aliphatic heterocycles. The van der Waals surface area contributed by atoms with Crippen molar-refractivity contribution in [3.05, 3.63) is 12.2 Å². The minimum absolute atomic E-state index is 0.606. The summed E-state index contributed by atoms with van der Waals surface area (Å²) in [6, 6.07) is 0. The van der Waals surface area contributed by atoms with Crippen LogP contribution >= 0.6 is 0 Å². The third-order valence-corrected chi connectivity index (χ3v) is 4.74. The van der Waals surface area contributed by atoms with Gasteiger partial charge in [0, 0.05) is 0 Å². The second-order valence-corrected chi connectivity index (χ2v) is 8.36. The van der Waals surface area contributed by atoms with Gasteiger partial charge >= 0.3 is 71.3 Å². The van der Waals surface area contributed by atoms with Crippen molar-refractivity contribution in [2.24, 2.45) is 0 Å². The van der Waals surface area contributed by atoms with Crippen molar-refractivity contribution >= 4 is 52.7 Å². The Morgan fingerprint density at radius 1 is 1.50 bits per heavy atom. The molecule has 1 heterocycles. The number of hydrogen-bond acceptors (Lipinski definition) is 0. The summed E-state index contributed by atoms with van der Waals surface area (Å²) >= 11 is 6.69. The van der Waals surface area contributed by atoms with Crippen molar-refractivity contribution in [2.45, 2.75) is 6.42 Å². The van der Waals surface area contributed by atoms with Crippen molar-refractivity contribution in [2.75, 3.05) is 0 Å². The quantitative estimate of drug-likeness (QED) is 0.517. The van der Waals surface area contributed by atoms with Crippen molar-refractivity contribution in [3.63, 3.8) is 0 Å². The molecule has 8 heavy (non-hydrogen) atoms. The van der Waals surface area contributed by atoms with Gasteiger partial charge < -0.3 is 0 Å². The first-order valence-corrected chi connectivity index (χ1v) is 5.63. The van der Waals surface area contributed by atoms with Gasteiger partial charge in [-0.3, -0.25) is 0 Å². The molecule has 0 saturated heterocycles. The molecule has 0 aromatic rings. The first-order chi connectivity index (χ1) is 3.79. The monoisotopic (exact) mass is 304 g/mol. The molecule has 0 amide bonds. The van der Waals surface area contributed by atoms with Crippen LogP contribution in [0.25, 0.3) is 0 Å². The SMILES string of the molecule is [Se]=C1C=CCC(=[Se])[Se]1. The van der Waals surface area contributed by atoms with Gasteiger partial charge in [0.25, 0.3) is 0 Å². The van der Waals surface area contributed by atoms with Gasteiger partial charge in [0.1, 0.15) is 0 Å². The molecule has 0 spiro atoms. The van der Waals surface area contributed by atoms with Gasteiger partial charge in [-0.2, -0.15) is 0 Å². The Kier molecular flexibility index (Phi) is 2.92. The Labute approximate surface area is 71.0 Å². The van der Waals surface area contributed by atoms with Crippen LogP contribution in [0.1, 0.15) is 6.42 Å². The van der Waals surface area contributed by atoms with Crippen LogP contribution < -0.4 is 0 Å². The summed E-state index contributed by atoms with van der Waals surface area (Å²) in [7, 11) is 0. The molecule has 3 heteroatoms. The summed E-state index contributed by atoms with van der Waals surface area (Å²) in [6.45, 7) is 0. The van der Waals surface area contributed by atoms with Gasteiger partial charge in [0.05, 0.1) is 0 Å². The van der Waals surface area contributed by atoms with Crippen molar-refractivity contribution in [1.29, 1.82) is 0 Å². The first kappa shape index (κ1) is 7.15. The van der Waals surface area contributed by atoms with Gasteiger partial charge in [0.2, 0.25) is 0 Å². The molecular formula is C5H4Se3. The molecule has 0 radical (unpaired) electrons. The second-order valence-electron chi connectivity index (χ2n) is 1.40. The molecule has 0 aromatic carbocycles. The molecule has 0 aromatic heterocycles. The number of hydrogen-bond donors (Lipinski definition) is 0. The average molecular weight is 301 g/mol. The summed E-state index contributed by atoms with van der Waals surface area (Å²) in [5.74, 6) is 0.